The number of hydrogen-bond acceptors (Lipinski definition) is 11. The van der Waals surface area contributed by atoms with Gasteiger partial charge in [-0.05, 0) is 66.0 Å². The van der Waals surface area contributed by atoms with E-state index in [1.54, 1.807) is 48.5 Å². The van der Waals surface area contributed by atoms with E-state index in [9.17, 15) is 31.2 Å². The van der Waals surface area contributed by atoms with E-state index >= 15 is 4.39 Å². The van der Waals surface area contributed by atoms with E-state index in [4.69, 9.17) is 14.0 Å². The van der Waals surface area contributed by atoms with Gasteiger partial charge in [-0.25, -0.2) is 13.2 Å². The fraction of sp³-hybridized carbons (Fsp3) is 0.467. The van der Waals surface area contributed by atoms with Gasteiger partial charge in [0.05, 0.1) is 22.5 Å². The Bertz CT molecular complexity index is 1840. The van der Waals surface area contributed by atoms with Gasteiger partial charge in [-0.3, -0.25) is 4.79 Å². The molecular formula is C30H33BF4N4O8S. The number of amides is 1. The summed E-state index contributed by atoms with van der Waals surface area (Å²) in [5.74, 6) is -4.67. The Morgan fingerprint density at radius 3 is 2.25 bits per heavy atom. The van der Waals surface area contributed by atoms with Gasteiger partial charge in [0.25, 0.3) is 0 Å². The van der Waals surface area contributed by atoms with Gasteiger partial charge >= 0.3 is 25.3 Å². The molecule has 1 atom stereocenters. The topological polar surface area (TPSA) is 159 Å². The number of aromatic nitrogens is 2. The Labute approximate surface area is 274 Å². The fourth-order valence-electron chi connectivity index (χ4n) is 5.04. The van der Waals surface area contributed by atoms with Gasteiger partial charge in [0.2, 0.25) is 5.82 Å². The zero-order valence-electron chi connectivity index (χ0n) is 27.0. The minimum absolute atomic E-state index is 0.0331. The van der Waals surface area contributed by atoms with Gasteiger partial charge in [0, 0.05) is 11.0 Å². The Morgan fingerprint density at radius 1 is 1.10 bits per heavy atom. The third kappa shape index (κ3) is 7.05. The molecule has 258 valence electrons. The molecule has 1 amide bonds. The minimum Gasteiger partial charge on any atom is -0.444 e. The van der Waals surface area contributed by atoms with Crippen LogP contribution in [0.1, 0.15) is 59.9 Å². The molecule has 4 heterocycles. The molecule has 0 spiro atoms. The molecule has 3 aliphatic heterocycles. The van der Waals surface area contributed by atoms with Crippen LogP contribution in [0.25, 0.3) is 11.4 Å². The van der Waals surface area contributed by atoms with Crippen LogP contribution in [0, 0.1) is 0 Å². The second-order valence-corrected chi connectivity index (χ2v) is 15.5. The summed E-state index contributed by atoms with van der Waals surface area (Å²) in [6.45, 7) is 11.7. The first-order valence-corrected chi connectivity index (χ1v) is 16.4. The van der Waals surface area contributed by atoms with Crippen molar-refractivity contribution >= 4 is 28.8 Å². The molecule has 3 aliphatic rings. The highest BCUT2D eigenvalue weighted by atomic mass is 32.2. The quantitative estimate of drug-likeness (QED) is 0.253. The summed E-state index contributed by atoms with van der Waals surface area (Å²) >= 11 is 0. The van der Waals surface area contributed by atoms with Gasteiger partial charge in [-0.1, -0.05) is 35.5 Å². The van der Waals surface area contributed by atoms with E-state index < -0.39 is 86.0 Å². The SMILES string of the molecule is CC(C)(C)OC(=O)N[C@H]1CS(=O)(=O)C2=C(C1=O)C(Cc1ccc(-c3noc(C(F)(F)F)n3)cc1)=CC(B1OC(C)(C)C(C)(C)O1)=C(F)N2. The summed E-state index contributed by atoms with van der Waals surface area (Å²) in [6, 6.07) is 4.22. The van der Waals surface area contributed by atoms with E-state index in [0.717, 1.165) is 0 Å². The predicted octanol–water partition coefficient (Wildman–Crippen LogP) is 4.74. The predicted molar refractivity (Wildman–Crippen MR) is 163 cm³/mol. The number of carbonyl (C=O) groups is 2. The molecule has 1 fully saturated rings. The molecule has 2 aromatic rings. The van der Waals surface area contributed by atoms with Gasteiger partial charge in [-0.2, -0.15) is 22.5 Å². The highest BCUT2D eigenvalue weighted by molar-refractivity contribution is 7.95. The molecule has 5 rings (SSSR count). The van der Waals surface area contributed by atoms with E-state index in [2.05, 4.69) is 25.3 Å². The summed E-state index contributed by atoms with van der Waals surface area (Å²) in [4.78, 5) is 29.9. The zero-order chi connectivity index (χ0) is 35.6. The van der Waals surface area contributed by atoms with Crippen molar-refractivity contribution in [2.45, 2.75) is 83.9 Å². The van der Waals surface area contributed by atoms with Crippen LogP contribution in [0.4, 0.5) is 22.4 Å². The molecule has 18 heteroatoms. The largest absolute Gasteiger partial charge is 0.499 e. The van der Waals surface area contributed by atoms with Crippen molar-refractivity contribution in [3.63, 3.8) is 0 Å². The number of benzene rings is 1. The summed E-state index contributed by atoms with van der Waals surface area (Å²) in [5.41, 5.74) is -2.73. The smallest absolute Gasteiger partial charge is 0.444 e. The number of Topliss-reactive ketones (excluding diaryl/α,β-unsaturated/α-hetero) is 1. The van der Waals surface area contributed by atoms with Crippen LogP contribution in [0.3, 0.4) is 0 Å². The normalized spacial score (nSPS) is 22.1. The lowest BCUT2D eigenvalue weighted by Crippen LogP contribution is -2.51. The highest BCUT2D eigenvalue weighted by Gasteiger charge is 2.54. The third-order valence-corrected chi connectivity index (χ3v) is 9.79. The number of sulfone groups is 1. The van der Waals surface area contributed by atoms with Crippen molar-refractivity contribution in [3.8, 4) is 11.4 Å². The van der Waals surface area contributed by atoms with Crippen LogP contribution in [0.5, 0.6) is 0 Å². The number of rotatable bonds is 5. The number of nitrogens with one attached hydrogen (secondary N) is 2. The molecule has 0 aliphatic carbocycles. The van der Waals surface area contributed by atoms with Crippen molar-refractivity contribution < 1.29 is 54.1 Å². The average molecular weight is 696 g/mol. The maximum absolute atomic E-state index is 16.0. The molecule has 2 N–H and O–H groups in total. The maximum Gasteiger partial charge on any atom is 0.499 e. The number of alkyl halides is 3. The molecule has 0 saturated carbocycles. The first kappa shape index (κ1) is 35.3. The highest BCUT2D eigenvalue weighted by Crippen LogP contribution is 2.41. The van der Waals surface area contributed by atoms with Crippen molar-refractivity contribution in [1.82, 2.24) is 20.8 Å². The molecule has 0 bridgehead atoms. The van der Waals surface area contributed by atoms with Gasteiger partial charge in [0.15, 0.2) is 21.6 Å². The maximum atomic E-state index is 16.0. The summed E-state index contributed by atoms with van der Waals surface area (Å²) < 4.78 is 104. The summed E-state index contributed by atoms with van der Waals surface area (Å²) in [6.07, 6.45) is -4.77. The molecule has 0 radical (unpaired) electrons. The van der Waals surface area contributed by atoms with Gasteiger partial charge < -0.3 is 29.2 Å². The lowest BCUT2D eigenvalue weighted by atomic mass is 9.76. The molecule has 1 saturated heterocycles. The Balaban J connectivity index is 1.56. The molecule has 48 heavy (non-hydrogen) atoms. The van der Waals surface area contributed by atoms with Crippen LogP contribution < -0.4 is 10.6 Å². The van der Waals surface area contributed by atoms with Crippen molar-refractivity contribution in [3.05, 3.63) is 69.4 Å². The zero-order valence-corrected chi connectivity index (χ0v) is 27.9. The van der Waals surface area contributed by atoms with Crippen molar-refractivity contribution in [1.29, 1.82) is 0 Å². The first-order valence-electron chi connectivity index (χ1n) is 14.7. The summed E-state index contributed by atoms with van der Waals surface area (Å²) in [5, 5.41) is 7.25. The van der Waals surface area contributed by atoms with E-state index in [0.29, 0.717) is 5.56 Å². The van der Waals surface area contributed by atoms with Crippen LogP contribution in [0.15, 0.2) is 62.5 Å². The van der Waals surface area contributed by atoms with Crippen LogP contribution >= 0.6 is 0 Å². The lowest BCUT2D eigenvalue weighted by molar-refractivity contribution is -0.159. The van der Waals surface area contributed by atoms with E-state index in [1.165, 1.54) is 30.3 Å². The molecule has 0 unspecified atom stereocenters. The number of ketones is 1. The number of ether oxygens (including phenoxy) is 1. The van der Waals surface area contributed by atoms with Crippen molar-refractivity contribution in [2.24, 2.45) is 0 Å². The number of nitrogens with zero attached hydrogens (tertiary/aromatic N) is 2. The van der Waals surface area contributed by atoms with Gasteiger partial charge in [-0.15, -0.1) is 0 Å². The van der Waals surface area contributed by atoms with Crippen LogP contribution in [-0.4, -0.2) is 66.2 Å². The second-order valence-electron chi connectivity index (χ2n) is 13.5. The number of halogens is 4. The van der Waals surface area contributed by atoms with Crippen LogP contribution in [-0.2, 0) is 41.3 Å². The monoisotopic (exact) mass is 696 g/mol. The first-order chi connectivity index (χ1) is 22.0. The minimum atomic E-state index is -4.84. The Hall–Kier alpha value is -4.03. The number of carbonyl (C=O) groups excluding carboxylic acids is 2. The van der Waals surface area contributed by atoms with Crippen molar-refractivity contribution in [2.75, 3.05) is 5.75 Å². The fourth-order valence-corrected chi connectivity index (χ4v) is 6.67. The average Bonchev–Trinajstić information content (AvgIpc) is 3.47. The number of hydrogen-bond donors (Lipinski definition) is 2. The third-order valence-electron chi connectivity index (χ3n) is 8.09. The second kappa shape index (κ2) is 11.8. The standard InChI is InChI=1S/C30H33BF4N4O8S/c1-27(2,3)44-26(41)36-19-14-48(42,43)24-20(21(19)40)17(13-18(22(32)37-24)31-46-28(4,5)29(6,7)47-31)12-15-8-10-16(11-9-15)23-38-25(45-39-23)30(33,34)35/h8-11,13,19,37H,12,14H2,1-7H3,(H,36,41)/t19-/m0/s1. The lowest BCUT2D eigenvalue weighted by Gasteiger charge is -2.32. The molecule has 12 nitrogen and oxygen atoms in total. The molecule has 1 aromatic carbocycles. The van der Waals surface area contributed by atoms with Crippen LogP contribution in [0.2, 0.25) is 0 Å². The number of allylic oxidation sites excluding steroid dienone is 3. The molecule has 1 aromatic heterocycles. The molecular weight excluding hydrogens is 663 g/mol. The Kier molecular flexibility index (Phi) is 8.70. The Morgan fingerprint density at radius 2 is 1.71 bits per heavy atom. The summed E-state index contributed by atoms with van der Waals surface area (Å²) in [7, 11) is -5.73. The van der Waals surface area contributed by atoms with E-state index in [1.807, 2.05) is 0 Å². The van der Waals surface area contributed by atoms with Gasteiger partial charge in [0.1, 0.15) is 16.7 Å². The number of alkyl carbamates (subject to hydrolysis) is 1. The van der Waals surface area contributed by atoms with E-state index in [-0.39, 0.29) is 28.9 Å².